The Morgan fingerprint density at radius 1 is 0.909 bits per heavy atom. The molecule has 2 fully saturated rings. The molecule has 5 aromatic rings. The van der Waals surface area contributed by atoms with Crippen molar-refractivity contribution in [3.8, 4) is 27.5 Å². The van der Waals surface area contributed by atoms with Gasteiger partial charge in [-0.15, -0.1) is 11.3 Å². The number of unbranched alkanes of at least 4 members (excludes halogenated alkanes) is 2. The fourth-order valence-electron chi connectivity index (χ4n) is 9.65. The lowest BCUT2D eigenvalue weighted by Gasteiger charge is -2.36. The van der Waals surface area contributed by atoms with Crippen molar-refractivity contribution in [2.45, 2.75) is 121 Å². The number of halogens is 1. The number of phenolic OH excluding ortho intramolecular Hbond substituents is 1. The summed E-state index contributed by atoms with van der Waals surface area (Å²) in [6.45, 7) is 7.64. The number of aromatic nitrogens is 2. The van der Waals surface area contributed by atoms with Gasteiger partial charge in [0, 0.05) is 57.3 Å². The van der Waals surface area contributed by atoms with E-state index in [9.17, 15) is 48.2 Å². The van der Waals surface area contributed by atoms with E-state index >= 15 is 0 Å². The predicted octanol–water partition coefficient (Wildman–Crippen LogP) is 5.86. The van der Waals surface area contributed by atoms with Gasteiger partial charge in [0.05, 0.1) is 46.3 Å². The summed E-state index contributed by atoms with van der Waals surface area (Å²) in [5, 5.41) is 39.6. The fraction of sp³-hybridized carbons (Fsp3) is 0.446. The predicted molar refractivity (Wildman–Crippen MR) is 284 cm³/mol. The largest absolute Gasteiger partial charge is 0.507 e. The van der Waals surface area contributed by atoms with Crippen molar-refractivity contribution in [3.05, 3.63) is 111 Å². The molecule has 21 heteroatoms. The van der Waals surface area contributed by atoms with E-state index in [1.54, 1.807) is 58.6 Å². The van der Waals surface area contributed by atoms with Gasteiger partial charge in [-0.25, -0.2) is 9.37 Å². The van der Waals surface area contributed by atoms with Crippen molar-refractivity contribution in [3.63, 3.8) is 0 Å². The number of β-amino-alcohol motifs (C(OH)–C–C–N with tert-alkyl or cyclic N) is 1. The van der Waals surface area contributed by atoms with Crippen molar-refractivity contribution in [1.29, 1.82) is 0 Å². The number of aromatic hydroxyl groups is 1. The summed E-state index contributed by atoms with van der Waals surface area (Å²) in [5.74, 6) is -3.53. The number of amides is 7. The number of fused-ring (bicyclic) bond motifs is 1. The van der Waals surface area contributed by atoms with Gasteiger partial charge in [-0.2, -0.15) is 0 Å². The summed E-state index contributed by atoms with van der Waals surface area (Å²) >= 11 is 1.49. The number of hydrogen-bond acceptors (Lipinski definition) is 13. The van der Waals surface area contributed by atoms with Crippen LogP contribution in [0.2, 0.25) is 0 Å². The molecule has 5 atom stereocenters. The van der Waals surface area contributed by atoms with Gasteiger partial charge in [0.15, 0.2) is 17.1 Å². The molecule has 1 saturated heterocycles. The molecule has 77 heavy (non-hydrogen) atoms. The Hall–Kier alpha value is -7.52. The molecule has 7 N–H and O–H groups in total. The molecule has 0 bridgehead atoms. The lowest BCUT2D eigenvalue weighted by Crippen LogP contribution is -2.59. The SMILES string of the molecule is Cc1ncsc1-c1ccc(C(CC(=O)NCCCCCNC(=O)c2ccc3c(c2)[C@H](NC(=O)c2cc(-c4ccc(C(=O)N(C)C)c(O)c4)on2)CC3)NC(=O)[C@@H]2C[C@@H](O)CN2C(=O)C(NC(=O)C2(F)CC2)C(C)(C)C)cc1. The fourth-order valence-corrected chi connectivity index (χ4v) is 10.5. The van der Waals surface area contributed by atoms with Crippen LogP contribution in [-0.4, -0.2) is 129 Å². The molecule has 3 heterocycles. The Kier molecular flexibility index (Phi) is 16.9. The van der Waals surface area contributed by atoms with Gasteiger partial charge < -0.3 is 51.1 Å². The Labute approximate surface area is 449 Å². The molecule has 0 radical (unpaired) electrons. The van der Waals surface area contributed by atoms with Crippen LogP contribution < -0.4 is 26.6 Å². The van der Waals surface area contributed by atoms with Crippen LogP contribution in [0.25, 0.3) is 21.8 Å². The van der Waals surface area contributed by atoms with Crippen LogP contribution in [0.15, 0.2) is 76.8 Å². The van der Waals surface area contributed by atoms with Crippen LogP contribution >= 0.6 is 11.3 Å². The second-order valence-corrected chi connectivity index (χ2v) is 22.3. The second kappa shape index (κ2) is 23.4. The van der Waals surface area contributed by atoms with E-state index in [0.717, 1.165) is 27.3 Å². The third-order valence-electron chi connectivity index (χ3n) is 14.3. The van der Waals surface area contributed by atoms with Gasteiger partial charge >= 0.3 is 0 Å². The molecule has 0 spiro atoms. The number of carbonyl (C=O) groups excluding carboxylic acids is 7. The maximum absolute atomic E-state index is 14.8. The Bertz CT molecular complexity index is 3040. The number of thiazole rings is 1. The minimum absolute atomic E-state index is 0.0279. The van der Waals surface area contributed by atoms with Gasteiger partial charge in [-0.3, -0.25) is 33.6 Å². The van der Waals surface area contributed by atoms with Crippen LogP contribution in [0.3, 0.4) is 0 Å². The number of nitrogens with one attached hydrogen (secondary N) is 5. The maximum Gasteiger partial charge on any atom is 0.273 e. The highest BCUT2D eigenvalue weighted by atomic mass is 32.1. The molecule has 3 aliphatic rings. The number of aliphatic hydroxyl groups is 1. The molecule has 1 aliphatic heterocycles. The van der Waals surface area contributed by atoms with Crippen molar-refractivity contribution in [2.75, 3.05) is 33.7 Å². The number of likely N-dealkylation sites (tertiary alicyclic amines) is 1. The summed E-state index contributed by atoms with van der Waals surface area (Å²) in [6, 6.07) is 15.3. The van der Waals surface area contributed by atoms with Crippen LogP contribution in [0.4, 0.5) is 4.39 Å². The summed E-state index contributed by atoms with van der Waals surface area (Å²) in [7, 11) is 3.16. The summed E-state index contributed by atoms with van der Waals surface area (Å²) in [4.78, 5) is 102. The molecule has 3 aromatic carbocycles. The van der Waals surface area contributed by atoms with Crippen LogP contribution in [0.1, 0.15) is 138 Å². The highest BCUT2D eigenvalue weighted by Gasteiger charge is 2.53. The number of hydrogen-bond donors (Lipinski definition) is 7. The standard InChI is InChI=1S/C56H66FN9O10S/c1-31-47(77-30-60-31)34-13-11-33(12-14-34)41(62-51(72)43-26-37(67)29-66(43)53(74)48(55(2,3)4)63-54(75)56(57)20-21-56)28-46(69)58-22-8-7-9-23-59-49(70)36-15-10-32-17-19-40(39(32)24-36)61-50(71)42-27-45(76-64-42)35-16-18-38(44(68)25-35)52(73)65(5)6/h10-16,18,24-25,27,30,37,40-41,43,48,67-68H,7-9,17,19-23,26,28-29H2,1-6H3,(H,58,69)(H,59,70)(H,61,71)(H,62,72)(H,63,75)/t37-,40-,41?,43+,48?/m1/s1. The average Bonchev–Trinajstić information content (AvgIpc) is 3.91. The van der Waals surface area contributed by atoms with Crippen LogP contribution in [0, 0.1) is 12.3 Å². The van der Waals surface area contributed by atoms with Crippen molar-refractivity contribution < 1.29 is 52.7 Å². The number of phenols is 1. The average molecular weight is 1080 g/mol. The number of carbonyl (C=O) groups is 7. The van der Waals surface area contributed by atoms with E-state index < -0.39 is 58.9 Å². The zero-order valence-electron chi connectivity index (χ0n) is 44.0. The third-order valence-corrected chi connectivity index (χ3v) is 15.3. The van der Waals surface area contributed by atoms with E-state index in [4.69, 9.17) is 4.52 Å². The van der Waals surface area contributed by atoms with Crippen molar-refractivity contribution in [2.24, 2.45) is 5.41 Å². The highest BCUT2D eigenvalue weighted by Crippen LogP contribution is 2.41. The molecular formula is C56H66FN9O10S. The molecule has 2 unspecified atom stereocenters. The Balaban J connectivity index is 0.819. The second-order valence-electron chi connectivity index (χ2n) is 21.4. The number of aliphatic hydroxyl groups excluding tert-OH is 1. The molecule has 408 valence electrons. The first kappa shape index (κ1) is 55.7. The summed E-state index contributed by atoms with van der Waals surface area (Å²) in [5.41, 5.74) is 4.16. The number of nitrogens with zero attached hydrogens (tertiary/aromatic N) is 4. The van der Waals surface area contributed by atoms with E-state index in [2.05, 4.69) is 36.7 Å². The summed E-state index contributed by atoms with van der Waals surface area (Å²) < 4.78 is 20.2. The van der Waals surface area contributed by atoms with E-state index in [0.29, 0.717) is 61.9 Å². The lowest BCUT2D eigenvalue weighted by molar-refractivity contribution is -0.145. The Morgan fingerprint density at radius 3 is 2.29 bits per heavy atom. The minimum Gasteiger partial charge on any atom is -0.507 e. The molecule has 7 amide bonds. The van der Waals surface area contributed by atoms with Crippen LogP contribution in [-0.2, 0) is 25.6 Å². The quantitative estimate of drug-likeness (QED) is 0.0453. The van der Waals surface area contributed by atoms with Gasteiger partial charge in [-0.05, 0) is 104 Å². The van der Waals surface area contributed by atoms with Gasteiger partial charge in [0.25, 0.3) is 23.6 Å². The summed E-state index contributed by atoms with van der Waals surface area (Å²) in [6.07, 6.45) is 2.12. The first-order chi connectivity index (χ1) is 36.6. The topological polar surface area (TPSA) is 266 Å². The van der Waals surface area contributed by atoms with Crippen molar-refractivity contribution in [1.82, 2.24) is 46.5 Å². The molecule has 1 saturated carbocycles. The number of benzene rings is 3. The first-order valence-electron chi connectivity index (χ1n) is 25.9. The molecule has 8 rings (SSSR count). The lowest BCUT2D eigenvalue weighted by atomic mass is 9.85. The van der Waals surface area contributed by atoms with E-state index in [1.807, 2.05) is 37.3 Å². The number of rotatable bonds is 20. The van der Waals surface area contributed by atoms with Gasteiger partial charge in [0.2, 0.25) is 17.7 Å². The smallest absolute Gasteiger partial charge is 0.273 e. The molecular weight excluding hydrogens is 1010 g/mol. The van der Waals surface area contributed by atoms with Crippen molar-refractivity contribution >= 4 is 52.7 Å². The monoisotopic (exact) mass is 1080 g/mol. The number of aryl methyl sites for hydroxylation is 2. The van der Waals surface area contributed by atoms with E-state index in [1.165, 1.54) is 39.3 Å². The van der Waals surface area contributed by atoms with Crippen LogP contribution in [0.5, 0.6) is 5.75 Å². The van der Waals surface area contributed by atoms with Gasteiger partial charge in [0.1, 0.15) is 17.8 Å². The molecule has 2 aromatic heterocycles. The number of alkyl halides is 1. The first-order valence-corrected chi connectivity index (χ1v) is 26.8. The zero-order chi connectivity index (χ0) is 55.3. The third kappa shape index (κ3) is 13.2. The zero-order valence-corrected chi connectivity index (χ0v) is 44.9. The van der Waals surface area contributed by atoms with Gasteiger partial charge in [-0.1, -0.05) is 62.3 Å². The molecule has 19 nitrogen and oxygen atoms in total. The normalized spacial score (nSPS) is 18.1. The minimum atomic E-state index is -2.02. The maximum atomic E-state index is 14.8. The molecule has 2 aliphatic carbocycles. The highest BCUT2D eigenvalue weighted by molar-refractivity contribution is 7.13. The van der Waals surface area contributed by atoms with E-state index in [-0.39, 0.29) is 78.8 Å². The Morgan fingerprint density at radius 2 is 1.62 bits per heavy atom.